The maximum atomic E-state index is 11.0. The van der Waals surface area contributed by atoms with Crippen LogP contribution in [0.4, 0.5) is 11.4 Å². The van der Waals surface area contributed by atoms with Crippen LogP contribution in [-0.4, -0.2) is 34.5 Å². The first kappa shape index (κ1) is 13.4. The average Bonchev–Trinajstić information content (AvgIpc) is 3.16. The van der Waals surface area contributed by atoms with E-state index in [4.69, 9.17) is 0 Å². The Morgan fingerprint density at radius 3 is 2.80 bits per heavy atom. The van der Waals surface area contributed by atoms with Gasteiger partial charge >= 0.3 is 0 Å². The SMILES string of the molecule is Cc1ccc(NC2CC(C)N(C3CC3)C2)cc1[N+](=O)[O-]. The van der Waals surface area contributed by atoms with Crippen molar-refractivity contribution in [1.29, 1.82) is 0 Å². The summed E-state index contributed by atoms with van der Waals surface area (Å²) in [5.74, 6) is 0. The van der Waals surface area contributed by atoms with Gasteiger partial charge < -0.3 is 5.32 Å². The molecule has 5 nitrogen and oxygen atoms in total. The number of nitrogens with one attached hydrogen (secondary N) is 1. The molecule has 1 aromatic carbocycles. The fourth-order valence-electron chi connectivity index (χ4n) is 3.21. The van der Waals surface area contributed by atoms with Crippen LogP contribution in [0.5, 0.6) is 0 Å². The maximum absolute atomic E-state index is 11.0. The van der Waals surface area contributed by atoms with Gasteiger partial charge in [-0.05, 0) is 39.2 Å². The lowest BCUT2D eigenvalue weighted by Crippen LogP contribution is -2.31. The zero-order chi connectivity index (χ0) is 14.3. The molecule has 0 spiro atoms. The van der Waals surface area contributed by atoms with Crippen LogP contribution in [0.1, 0.15) is 31.7 Å². The zero-order valence-electron chi connectivity index (χ0n) is 12.0. The predicted molar refractivity (Wildman–Crippen MR) is 79.1 cm³/mol. The second-order valence-corrected chi connectivity index (χ2v) is 6.11. The van der Waals surface area contributed by atoms with E-state index < -0.39 is 0 Å². The standard InChI is InChI=1S/C15H21N3O2/c1-10-3-4-12(8-15(10)18(19)20)16-13-7-11(2)17(9-13)14-5-6-14/h3-4,8,11,13-14,16H,5-7,9H2,1-2H3. The fraction of sp³-hybridized carbons (Fsp3) is 0.600. The number of aryl methyl sites for hydroxylation is 1. The number of rotatable bonds is 4. The Morgan fingerprint density at radius 2 is 2.15 bits per heavy atom. The minimum Gasteiger partial charge on any atom is -0.381 e. The molecule has 1 saturated heterocycles. The average molecular weight is 275 g/mol. The maximum Gasteiger partial charge on any atom is 0.274 e. The third-order valence-electron chi connectivity index (χ3n) is 4.42. The van der Waals surface area contributed by atoms with Gasteiger partial charge in [-0.15, -0.1) is 0 Å². The molecule has 2 fully saturated rings. The van der Waals surface area contributed by atoms with Gasteiger partial charge in [0.15, 0.2) is 0 Å². The van der Waals surface area contributed by atoms with Crippen LogP contribution in [0, 0.1) is 17.0 Å². The molecular formula is C15H21N3O2. The summed E-state index contributed by atoms with van der Waals surface area (Å²) in [5, 5.41) is 14.4. The Morgan fingerprint density at radius 1 is 1.40 bits per heavy atom. The zero-order valence-corrected chi connectivity index (χ0v) is 12.0. The predicted octanol–water partition coefficient (Wildman–Crippen LogP) is 2.94. The molecule has 0 radical (unpaired) electrons. The molecule has 1 aromatic rings. The molecule has 2 unspecified atom stereocenters. The summed E-state index contributed by atoms with van der Waals surface area (Å²) in [6, 6.07) is 7.20. The molecule has 1 aliphatic carbocycles. The van der Waals surface area contributed by atoms with Gasteiger partial charge in [-0.2, -0.15) is 0 Å². The van der Waals surface area contributed by atoms with E-state index in [1.54, 1.807) is 13.0 Å². The lowest BCUT2D eigenvalue weighted by atomic mass is 10.1. The van der Waals surface area contributed by atoms with Crippen LogP contribution in [0.2, 0.25) is 0 Å². The highest BCUT2D eigenvalue weighted by Gasteiger charge is 2.38. The summed E-state index contributed by atoms with van der Waals surface area (Å²) >= 11 is 0. The molecule has 2 atom stereocenters. The number of nitro groups is 1. The van der Waals surface area contributed by atoms with E-state index in [0.717, 1.165) is 24.7 Å². The molecule has 2 aliphatic rings. The molecule has 108 valence electrons. The number of anilines is 1. The van der Waals surface area contributed by atoms with Crippen molar-refractivity contribution in [2.75, 3.05) is 11.9 Å². The third-order valence-corrected chi connectivity index (χ3v) is 4.42. The highest BCUT2D eigenvalue weighted by molar-refractivity contribution is 5.55. The van der Waals surface area contributed by atoms with Gasteiger partial charge in [0, 0.05) is 42.0 Å². The van der Waals surface area contributed by atoms with Crippen LogP contribution in [0.25, 0.3) is 0 Å². The number of nitrogens with zero attached hydrogens (tertiary/aromatic N) is 2. The summed E-state index contributed by atoms with van der Waals surface area (Å²) in [4.78, 5) is 13.2. The van der Waals surface area contributed by atoms with Crippen LogP contribution < -0.4 is 5.32 Å². The Bertz CT molecular complexity index is 528. The molecule has 1 N–H and O–H groups in total. The molecule has 1 saturated carbocycles. The first-order valence-electron chi connectivity index (χ1n) is 7.32. The quantitative estimate of drug-likeness (QED) is 0.678. The van der Waals surface area contributed by atoms with Gasteiger partial charge in [0.05, 0.1) is 4.92 Å². The lowest BCUT2D eigenvalue weighted by molar-refractivity contribution is -0.385. The second kappa shape index (κ2) is 5.05. The first-order chi connectivity index (χ1) is 9.54. The fourth-order valence-corrected chi connectivity index (χ4v) is 3.21. The Balaban J connectivity index is 1.69. The van der Waals surface area contributed by atoms with Crippen molar-refractivity contribution in [2.24, 2.45) is 0 Å². The highest BCUT2D eigenvalue weighted by Crippen LogP contribution is 2.34. The van der Waals surface area contributed by atoms with Crippen molar-refractivity contribution in [1.82, 2.24) is 4.90 Å². The highest BCUT2D eigenvalue weighted by atomic mass is 16.6. The van der Waals surface area contributed by atoms with Crippen molar-refractivity contribution in [3.8, 4) is 0 Å². The summed E-state index contributed by atoms with van der Waals surface area (Å²) in [6.07, 6.45) is 3.76. The topological polar surface area (TPSA) is 58.4 Å². The van der Waals surface area contributed by atoms with E-state index in [1.807, 2.05) is 12.1 Å². The summed E-state index contributed by atoms with van der Waals surface area (Å²) < 4.78 is 0. The minimum absolute atomic E-state index is 0.195. The Kier molecular flexibility index (Phi) is 3.38. The lowest BCUT2D eigenvalue weighted by Gasteiger charge is -2.20. The summed E-state index contributed by atoms with van der Waals surface area (Å²) in [7, 11) is 0. The molecule has 5 heteroatoms. The summed E-state index contributed by atoms with van der Waals surface area (Å²) in [5.41, 5.74) is 1.76. The van der Waals surface area contributed by atoms with Crippen molar-refractivity contribution < 1.29 is 4.92 Å². The van der Waals surface area contributed by atoms with E-state index in [9.17, 15) is 10.1 Å². The van der Waals surface area contributed by atoms with E-state index in [2.05, 4.69) is 17.1 Å². The minimum atomic E-state index is -0.311. The van der Waals surface area contributed by atoms with E-state index in [-0.39, 0.29) is 10.6 Å². The van der Waals surface area contributed by atoms with Gasteiger partial charge in [0.25, 0.3) is 5.69 Å². The second-order valence-electron chi connectivity index (χ2n) is 6.11. The molecule has 0 amide bonds. The molecule has 1 aliphatic heterocycles. The molecule has 3 rings (SSSR count). The number of hydrogen-bond acceptors (Lipinski definition) is 4. The molecule has 1 heterocycles. The van der Waals surface area contributed by atoms with E-state index in [1.165, 1.54) is 12.8 Å². The van der Waals surface area contributed by atoms with Crippen LogP contribution in [-0.2, 0) is 0 Å². The third kappa shape index (κ3) is 2.63. The van der Waals surface area contributed by atoms with Crippen molar-refractivity contribution in [3.63, 3.8) is 0 Å². The van der Waals surface area contributed by atoms with Crippen molar-refractivity contribution >= 4 is 11.4 Å². The largest absolute Gasteiger partial charge is 0.381 e. The summed E-state index contributed by atoms with van der Waals surface area (Å²) in [6.45, 7) is 5.10. The van der Waals surface area contributed by atoms with E-state index in [0.29, 0.717) is 17.6 Å². The monoisotopic (exact) mass is 275 g/mol. The van der Waals surface area contributed by atoms with Gasteiger partial charge in [-0.25, -0.2) is 0 Å². The van der Waals surface area contributed by atoms with Gasteiger partial charge in [0.1, 0.15) is 0 Å². The van der Waals surface area contributed by atoms with Crippen LogP contribution in [0.3, 0.4) is 0 Å². The molecule has 20 heavy (non-hydrogen) atoms. The van der Waals surface area contributed by atoms with Gasteiger partial charge in [-0.1, -0.05) is 6.07 Å². The number of benzene rings is 1. The van der Waals surface area contributed by atoms with Crippen molar-refractivity contribution in [3.05, 3.63) is 33.9 Å². The van der Waals surface area contributed by atoms with Gasteiger partial charge in [-0.3, -0.25) is 15.0 Å². The number of hydrogen-bond donors (Lipinski definition) is 1. The molecular weight excluding hydrogens is 254 g/mol. The normalized spacial score (nSPS) is 26.7. The van der Waals surface area contributed by atoms with Crippen LogP contribution in [0.15, 0.2) is 18.2 Å². The van der Waals surface area contributed by atoms with E-state index >= 15 is 0 Å². The molecule has 0 bridgehead atoms. The molecule has 0 aromatic heterocycles. The van der Waals surface area contributed by atoms with Gasteiger partial charge in [0.2, 0.25) is 0 Å². The van der Waals surface area contributed by atoms with Crippen molar-refractivity contribution in [2.45, 2.75) is 51.2 Å². The number of nitro benzene ring substituents is 1. The first-order valence-corrected chi connectivity index (χ1v) is 7.32. The number of likely N-dealkylation sites (tertiary alicyclic amines) is 1. The van der Waals surface area contributed by atoms with Crippen LogP contribution >= 0.6 is 0 Å². The smallest absolute Gasteiger partial charge is 0.274 e. The Hall–Kier alpha value is -1.62. The Labute approximate surface area is 119 Å².